The minimum absolute atomic E-state index is 0.0140. The molecule has 6 heteroatoms. The van der Waals surface area contributed by atoms with Gasteiger partial charge in [0.25, 0.3) is 0 Å². The molecule has 1 fully saturated rings. The van der Waals surface area contributed by atoms with Crippen LogP contribution < -0.4 is 16.0 Å². The van der Waals surface area contributed by atoms with Gasteiger partial charge in [0.05, 0.1) is 4.90 Å². The molecule has 0 heterocycles. The zero-order valence-electron chi connectivity index (χ0n) is 12.2. The molecule has 1 saturated carbocycles. The molecule has 1 aliphatic rings. The number of rotatable bonds is 5. The molecule has 1 aliphatic carbocycles. The highest BCUT2D eigenvalue weighted by atomic mass is 32.2. The summed E-state index contributed by atoms with van der Waals surface area (Å²) in [5.74, 6) is 5.85. The van der Waals surface area contributed by atoms with Crippen molar-refractivity contribution < 1.29 is 8.42 Å². The van der Waals surface area contributed by atoms with Gasteiger partial charge in [-0.25, -0.2) is 13.1 Å². The smallest absolute Gasteiger partial charge is 0.241 e. The number of nitrogens with two attached hydrogens (primary N) is 1. The molecular formula is C14H23N3O2S. The lowest BCUT2D eigenvalue weighted by Gasteiger charge is -2.32. The molecule has 0 amide bonds. The Balaban J connectivity index is 2.29. The molecule has 0 saturated heterocycles. The second kappa shape index (κ2) is 5.71. The van der Waals surface area contributed by atoms with E-state index in [9.17, 15) is 8.42 Å². The summed E-state index contributed by atoms with van der Waals surface area (Å²) in [5, 5.41) is 0. The fourth-order valence-corrected chi connectivity index (χ4v) is 4.56. The highest BCUT2D eigenvalue weighted by Crippen LogP contribution is 2.31. The molecule has 0 aromatic heterocycles. The van der Waals surface area contributed by atoms with E-state index in [-0.39, 0.29) is 6.04 Å². The highest BCUT2D eigenvalue weighted by Gasteiger charge is 2.29. The lowest BCUT2D eigenvalue weighted by Crippen LogP contribution is -2.41. The summed E-state index contributed by atoms with van der Waals surface area (Å²) in [7, 11) is -3.49. The van der Waals surface area contributed by atoms with Crippen LogP contribution in [0.15, 0.2) is 17.0 Å². The first kappa shape index (κ1) is 15.3. The number of hydrazine groups is 1. The number of nitrogen functional groups attached to an aromatic ring is 1. The lowest BCUT2D eigenvalue weighted by molar-refractivity contribution is 0.260. The normalized spacial score (nSPS) is 17.6. The molecule has 20 heavy (non-hydrogen) atoms. The zero-order valence-corrected chi connectivity index (χ0v) is 13.0. The Hall–Kier alpha value is -1.11. The van der Waals surface area contributed by atoms with Gasteiger partial charge in [-0.05, 0) is 62.8 Å². The summed E-state index contributed by atoms with van der Waals surface area (Å²) in [6.45, 7) is 5.52. The first-order chi connectivity index (χ1) is 9.35. The summed E-state index contributed by atoms with van der Waals surface area (Å²) < 4.78 is 27.9. The Morgan fingerprint density at radius 3 is 2.20 bits per heavy atom. The molecule has 112 valence electrons. The van der Waals surface area contributed by atoms with Gasteiger partial charge in [-0.2, -0.15) is 0 Å². The van der Waals surface area contributed by atoms with E-state index in [1.54, 1.807) is 26.0 Å². The predicted octanol–water partition coefficient (Wildman–Crippen LogP) is 2.06. The average Bonchev–Trinajstić information content (AvgIpc) is 2.23. The average molecular weight is 297 g/mol. The third-order valence-corrected chi connectivity index (χ3v) is 5.96. The Labute approximate surface area is 121 Å². The van der Waals surface area contributed by atoms with Crippen molar-refractivity contribution in [3.63, 3.8) is 0 Å². The molecule has 1 unspecified atom stereocenters. The maximum atomic E-state index is 12.6. The van der Waals surface area contributed by atoms with E-state index in [1.165, 1.54) is 6.42 Å². The Bertz CT molecular complexity index is 571. The Morgan fingerprint density at radius 1 is 1.25 bits per heavy atom. The lowest BCUT2D eigenvalue weighted by atomic mass is 9.81. The summed E-state index contributed by atoms with van der Waals surface area (Å²) in [6.07, 6.45) is 3.42. The van der Waals surface area contributed by atoms with Gasteiger partial charge in [-0.15, -0.1) is 0 Å². The number of hydrogen-bond donors (Lipinski definition) is 3. The van der Waals surface area contributed by atoms with E-state index in [2.05, 4.69) is 10.1 Å². The van der Waals surface area contributed by atoms with Gasteiger partial charge in [-0.1, -0.05) is 6.42 Å². The number of sulfonamides is 1. The van der Waals surface area contributed by atoms with Gasteiger partial charge in [-0.3, -0.25) is 5.84 Å². The summed E-state index contributed by atoms with van der Waals surface area (Å²) in [6, 6.07) is 3.48. The molecular weight excluding hydrogens is 274 g/mol. The van der Waals surface area contributed by atoms with E-state index in [0.29, 0.717) is 27.6 Å². The minimum atomic E-state index is -3.49. The van der Waals surface area contributed by atoms with Crippen LogP contribution >= 0.6 is 0 Å². The maximum absolute atomic E-state index is 12.6. The fourth-order valence-electron chi connectivity index (χ4n) is 2.80. The van der Waals surface area contributed by atoms with Gasteiger partial charge in [0, 0.05) is 11.7 Å². The molecule has 1 atom stereocenters. The molecule has 0 radical (unpaired) electrons. The van der Waals surface area contributed by atoms with Crippen LogP contribution in [0.5, 0.6) is 0 Å². The van der Waals surface area contributed by atoms with Crippen molar-refractivity contribution in [2.75, 3.05) is 5.43 Å². The zero-order chi connectivity index (χ0) is 14.9. The predicted molar refractivity (Wildman–Crippen MR) is 80.9 cm³/mol. The van der Waals surface area contributed by atoms with Crippen molar-refractivity contribution in [3.8, 4) is 0 Å². The number of aryl methyl sites for hydroxylation is 2. The monoisotopic (exact) mass is 297 g/mol. The van der Waals surface area contributed by atoms with Crippen LogP contribution in [0.25, 0.3) is 0 Å². The molecule has 1 aromatic rings. The first-order valence-electron chi connectivity index (χ1n) is 6.95. The van der Waals surface area contributed by atoms with Crippen LogP contribution in [-0.2, 0) is 10.0 Å². The van der Waals surface area contributed by atoms with Crippen LogP contribution in [0.2, 0.25) is 0 Å². The van der Waals surface area contributed by atoms with Crippen molar-refractivity contribution in [1.29, 1.82) is 0 Å². The second-order valence-electron chi connectivity index (χ2n) is 5.68. The van der Waals surface area contributed by atoms with Crippen LogP contribution in [0.3, 0.4) is 0 Å². The third-order valence-electron chi connectivity index (χ3n) is 4.09. The summed E-state index contributed by atoms with van der Waals surface area (Å²) in [5.41, 5.74) is 4.66. The Kier molecular flexibility index (Phi) is 4.36. The van der Waals surface area contributed by atoms with Gasteiger partial charge in [0.15, 0.2) is 0 Å². The molecule has 0 aliphatic heterocycles. The van der Waals surface area contributed by atoms with Crippen LogP contribution in [0.4, 0.5) is 5.69 Å². The van der Waals surface area contributed by atoms with Crippen molar-refractivity contribution in [2.45, 2.75) is 51.0 Å². The number of nitrogens with one attached hydrogen (secondary N) is 2. The SMILES string of the molecule is Cc1cc(NN)cc(C)c1S(=O)(=O)NC(C)C1CCC1. The van der Waals surface area contributed by atoms with Gasteiger partial charge >= 0.3 is 0 Å². The van der Waals surface area contributed by atoms with E-state index in [0.717, 1.165) is 12.8 Å². The van der Waals surface area contributed by atoms with Crippen LogP contribution in [0.1, 0.15) is 37.3 Å². The molecule has 0 bridgehead atoms. The summed E-state index contributed by atoms with van der Waals surface area (Å²) in [4.78, 5) is 0.364. The number of hydrogen-bond acceptors (Lipinski definition) is 4. The van der Waals surface area contributed by atoms with Crippen molar-refractivity contribution >= 4 is 15.7 Å². The van der Waals surface area contributed by atoms with Crippen molar-refractivity contribution in [1.82, 2.24) is 4.72 Å². The highest BCUT2D eigenvalue weighted by molar-refractivity contribution is 7.89. The second-order valence-corrected chi connectivity index (χ2v) is 7.34. The van der Waals surface area contributed by atoms with Gasteiger partial charge in [0.1, 0.15) is 0 Å². The quantitative estimate of drug-likeness (QED) is 0.574. The van der Waals surface area contributed by atoms with Crippen molar-refractivity contribution in [3.05, 3.63) is 23.3 Å². The molecule has 1 aromatic carbocycles. The van der Waals surface area contributed by atoms with Gasteiger partial charge in [0.2, 0.25) is 10.0 Å². The molecule has 0 spiro atoms. The number of benzene rings is 1. The van der Waals surface area contributed by atoms with E-state index in [1.807, 2.05) is 6.92 Å². The minimum Gasteiger partial charge on any atom is -0.324 e. The Morgan fingerprint density at radius 2 is 1.80 bits per heavy atom. The van der Waals surface area contributed by atoms with E-state index < -0.39 is 10.0 Å². The standard InChI is InChI=1S/C14H23N3O2S/c1-9-7-13(16-15)8-10(2)14(9)20(18,19)17-11(3)12-5-4-6-12/h7-8,11-12,16-17H,4-6,15H2,1-3H3. The summed E-state index contributed by atoms with van der Waals surface area (Å²) >= 11 is 0. The van der Waals surface area contributed by atoms with E-state index >= 15 is 0 Å². The van der Waals surface area contributed by atoms with Gasteiger partial charge < -0.3 is 5.43 Å². The van der Waals surface area contributed by atoms with Crippen LogP contribution in [0, 0.1) is 19.8 Å². The largest absolute Gasteiger partial charge is 0.324 e. The fraction of sp³-hybridized carbons (Fsp3) is 0.571. The molecule has 2 rings (SSSR count). The maximum Gasteiger partial charge on any atom is 0.241 e. The van der Waals surface area contributed by atoms with Crippen LogP contribution in [-0.4, -0.2) is 14.5 Å². The molecule has 5 nitrogen and oxygen atoms in total. The molecule has 4 N–H and O–H groups in total. The first-order valence-corrected chi connectivity index (χ1v) is 8.43. The number of anilines is 1. The van der Waals surface area contributed by atoms with Crippen molar-refractivity contribution in [2.24, 2.45) is 11.8 Å². The van der Waals surface area contributed by atoms with E-state index in [4.69, 9.17) is 5.84 Å². The third kappa shape index (κ3) is 2.97. The topological polar surface area (TPSA) is 84.2 Å².